The second-order valence-electron chi connectivity index (χ2n) is 6.09. The van der Waals surface area contributed by atoms with Gasteiger partial charge in [0.15, 0.2) is 11.5 Å². The molecular formula is C17H27NO2. The van der Waals surface area contributed by atoms with Crippen LogP contribution in [0.4, 0.5) is 0 Å². The van der Waals surface area contributed by atoms with E-state index < -0.39 is 0 Å². The molecule has 1 atom stereocenters. The molecule has 0 spiro atoms. The molecule has 2 N–H and O–H groups in total. The van der Waals surface area contributed by atoms with Crippen molar-refractivity contribution < 1.29 is 9.84 Å². The van der Waals surface area contributed by atoms with Crippen molar-refractivity contribution in [2.75, 3.05) is 13.7 Å². The molecule has 1 fully saturated rings. The van der Waals surface area contributed by atoms with Crippen molar-refractivity contribution in [2.24, 2.45) is 5.41 Å². The van der Waals surface area contributed by atoms with Gasteiger partial charge in [-0.2, -0.15) is 0 Å². The lowest BCUT2D eigenvalue weighted by Gasteiger charge is -2.30. The second-order valence-corrected chi connectivity index (χ2v) is 6.09. The van der Waals surface area contributed by atoms with Gasteiger partial charge in [-0.05, 0) is 49.3 Å². The van der Waals surface area contributed by atoms with Crippen LogP contribution in [0.2, 0.25) is 0 Å². The summed E-state index contributed by atoms with van der Waals surface area (Å²) in [6.07, 6.45) is 6.70. The van der Waals surface area contributed by atoms with Gasteiger partial charge < -0.3 is 15.2 Å². The lowest BCUT2D eigenvalue weighted by molar-refractivity contribution is 0.258. The van der Waals surface area contributed by atoms with Crippen LogP contribution in [0.3, 0.4) is 0 Å². The first-order valence-electron chi connectivity index (χ1n) is 7.70. The third-order valence-corrected chi connectivity index (χ3v) is 4.90. The lowest BCUT2D eigenvalue weighted by Crippen LogP contribution is -2.33. The highest BCUT2D eigenvalue weighted by Gasteiger charge is 2.31. The van der Waals surface area contributed by atoms with Gasteiger partial charge in [-0.1, -0.05) is 25.8 Å². The Kier molecular flexibility index (Phi) is 4.92. The minimum absolute atomic E-state index is 0.198. The molecule has 1 aromatic carbocycles. The third kappa shape index (κ3) is 3.26. The Morgan fingerprint density at radius 1 is 1.35 bits per heavy atom. The van der Waals surface area contributed by atoms with E-state index in [1.165, 1.54) is 32.1 Å². The van der Waals surface area contributed by atoms with E-state index in [2.05, 4.69) is 19.2 Å². The Hall–Kier alpha value is -1.22. The van der Waals surface area contributed by atoms with Crippen molar-refractivity contribution in [1.82, 2.24) is 5.32 Å². The number of ether oxygens (including phenoxy) is 1. The van der Waals surface area contributed by atoms with Crippen molar-refractivity contribution in [3.63, 3.8) is 0 Å². The van der Waals surface area contributed by atoms with Gasteiger partial charge in [-0.3, -0.25) is 0 Å². The number of nitrogens with one attached hydrogen (secondary N) is 1. The molecule has 112 valence electrons. The summed E-state index contributed by atoms with van der Waals surface area (Å²) in [6.45, 7) is 5.55. The van der Waals surface area contributed by atoms with Gasteiger partial charge in [0.05, 0.1) is 7.11 Å². The summed E-state index contributed by atoms with van der Waals surface area (Å²) in [5.74, 6) is 0.742. The highest BCUT2D eigenvalue weighted by atomic mass is 16.5. The van der Waals surface area contributed by atoms with Crippen molar-refractivity contribution in [3.05, 3.63) is 23.8 Å². The molecule has 1 aliphatic rings. The Labute approximate surface area is 122 Å². The molecule has 0 radical (unpaired) electrons. The fourth-order valence-corrected chi connectivity index (χ4v) is 3.23. The Morgan fingerprint density at radius 2 is 2.05 bits per heavy atom. The van der Waals surface area contributed by atoms with Crippen LogP contribution >= 0.6 is 0 Å². The normalized spacial score (nSPS) is 18.9. The van der Waals surface area contributed by atoms with E-state index in [1.807, 2.05) is 12.1 Å². The molecule has 0 amide bonds. The number of rotatable bonds is 6. The largest absolute Gasteiger partial charge is 0.504 e. The first-order valence-corrected chi connectivity index (χ1v) is 7.70. The number of hydrogen-bond acceptors (Lipinski definition) is 3. The van der Waals surface area contributed by atoms with Gasteiger partial charge >= 0.3 is 0 Å². The number of aromatic hydroxyl groups is 1. The van der Waals surface area contributed by atoms with E-state index in [4.69, 9.17) is 4.74 Å². The molecule has 1 aliphatic carbocycles. The number of phenolic OH excluding ortho intramolecular Hbond substituents is 1. The first kappa shape index (κ1) is 15.2. The molecule has 0 saturated heterocycles. The molecule has 0 aromatic heterocycles. The number of methoxy groups -OCH3 is 1. The number of hydrogen-bond donors (Lipinski definition) is 2. The van der Waals surface area contributed by atoms with Gasteiger partial charge in [0.25, 0.3) is 0 Å². The molecule has 3 nitrogen and oxygen atoms in total. The van der Waals surface area contributed by atoms with E-state index in [1.54, 1.807) is 13.2 Å². The maximum Gasteiger partial charge on any atom is 0.160 e. The maximum atomic E-state index is 9.65. The lowest BCUT2D eigenvalue weighted by atomic mass is 9.83. The second kappa shape index (κ2) is 6.49. The molecule has 0 heterocycles. The van der Waals surface area contributed by atoms with E-state index in [-0.39, 0.29) is 11.8 Å². The molecule has 0 bridgehead atoms. The summed E-state index contributed by atoms with van der Waals surface area (Å²) in [5.41, 5.74) is 1.65. The van der Waals surface area contributed by atoms with Crippen molar-refractivity contribution in [3.8, 4) is 11.5 Å². The van der Waals surface area contributed by atoms with Crippen LogP contribution in [0, 0.1) is 5.41 Å². The van der Waals surface area contributed by atoms with Crippen LogP contribution in [-0.4, -0.2) is 18.8 Å². The Bertz CT molecular complexity index is 439. The highest BCUT2D eigenvalue weighted by Crippen LogP contribution is 2.40. The molecule has 1 aromatic rings. The van der Waals surface area contributed by atoms with Crippen LogP contribution in [-0.2, 0) is 0 Å². The van der Waals surface area contributed by atoms with Gasteiger partial charge in [0, 0.05) is 12.6 Å². The monoisotopic (exact) mass is 277 g/mol. The van der Waals surface area contributed by atoms with Gasteiger partial charge in [-0.25, -0.2) is 0 Å². The number of phenols is 1. The Morgan fingerprint density at radius 3 is 2.65 bits per heavy atom. The average Bonchev–Trinajstić information content (AvgIpc) is 2.95. The van der Waals surface area contributed by atoms with E-state index in [9.17, 15) is 5.11 Å². The van der Waals surface area contributed by atoms with Crippen LogP contribution in [0.5, 0.6) is 11.5 Å². The zero-order valence-electron chi connectivity index (χ0n) is 12.9. The minimum atomic E-state index is 0.198. The van der Waals surface area contributed by atoms with Gasteiger partial charge in [-0.15, -0.1) is 0 Å². The van der Waals surface area contributed by atoms with Crippen molar-refractivity contribution in [2.45, 2.75) is 52.0 Å². The van der Waals surface area contributed by atoms with E-state index in [0.29, 0.717) is 11.2 Å². The third-order valence-electron chi connectivity index (χ3n) is 4.90. The van der Waals surface area contributed by atoms with Crippen molar-refractivity contribution >= 4 is 0 Å². The quantitative estimate of drug-likeness (QED) is 0.825. The summed E-state index contributed by atoms with van der Waals surface area (Å²) >= 11 is 0. The summed E-state index contributed by atoms with van der Waals surface area (Å²) in [5, 5.41) is 13.3. The summed E-state index contributed by atoms with van der Waals surface area (Å²) in [4.78, 5) is 0. The number of benzene rings is 1. The van der Waals surface area contributed by atoms with Crippen LogP contribution < -0.4 is 10.1 Å². The average molecular weight is 277 g/mol. The van der Waals surface area contributed by atoms with E-state index in [0.717, 1.165) is 12.1 Å². The zero-order valence-corrected chi connectivity index (χ0v) is 12.9. The molecule has 0 aliphatic heterocycles. The molecule has 1 unspecified atom stereocenters. The molecule has 3 heteroatoms. The fraction of sp³-hybridized carbons (Fsp3) is 0.647. The fourth-order valence-electron chi connectivity index (χ4n) is 3.23. The highest BCUT2D eigenvalue weighted by molar-refractivity contribution is 5.42. The van der Waals surface area contributed by atoms with Crippen LogP contribution in [0.1, 0.15) is 57.6 Å². The van der Waals surface area contributed by atoms with Gasteiger partial charge in [0.1, 0.15) is 0 Å². The van der Waals surface area contributed by atoms with E-state index >= 15 is 0 Å². The predicted octanol–water partition coefficient (Wildman–Crippen LogP) is 4.02. The molecule has 20 heavy (non-hydrogen) atoms. The van der Waals surface area contributed by atoms with Gasteiger partial charge in [0.2, 0.25) is 0 Å². The summed E-state index contributed by atoms with van der Waals surface area (Å²) < 4.78 is 5.18. The Balaban J connectivity index is 1.99. The zero-order chi connectivity index (χ0) is 14.6. The topological polar surface area (TPSA) is 41.5 Å². The summed E-state index contributed by atoms with van der Waals surface area (Å²) in [7, 11) is 1.58. The SMILES string of the molecule is CCC1(CNC(C)c2ccc(O)c(OC)c2)CCCC1. The molecular weight excluding hydrogens is 250 g/mol. The minimum Gasteiger partial charge on any atom is -0.504 e. The van der Waals surface area contributed by atoms with Crippen molar-refractivity contribution in [1.29, 1.82) is 0 Å². The smallest absolute Gasteiger partial charge is 0.160 e. The molecule has 1 saturated carbocycles. The van der Waals surface area contributed by atoms with Crippen LogP contribution in [0.25, 0.3) is 0 Å². The first-order chi connectivity index (χ1) is 9.60. The maximum absolute atomic E-state index is 9.65. The predicted molar refractivity (Wildman–Crippen MR) is 82.3 cm³/mol. The standard InChI is InChI=1S/C17H27NO2/c1-4-17(9-5-6-10-17)12-18-13(2)14-7-8-15(19)16(11-14)20-3/h7-8,11,13,18-19H,4-6,9-10,12H2,1-3H3. The van der Waals surface area contributed by atoms with Crippen LogP contribution in [0.15, 0.2) is 18.2 Å². The molecule has 2 rings (SSSR count). The summed E-state index contributed by atoms with van der Waals surface area (Å²) in [6, 6.07) is 5.86.